The van der Waals surface area contributed by atoms with Gasteiger partial charge in [-0.3, -0.25) is 9.78 Å². The number of hydrogen-bond acceptors (Lipinski definition) is 7. The number of nitrogens with zero attached hydrogens (tertiary/aromatic N) is 6. The highest BCUT2D eigenvalue weighted by Crippen LogP contribution is 2.38. The standard InChI is InChI=1S/C24H30N6O2/c1-6-19-21(16(3)32-28-19)23(31)30-12-8-7-9-20(30)22-18(14-26-24(27-22)29(4)5)17-10-11-25-13-15(17)2/h10-11,13-14,20H,6-9,12H2,1-5H3/t20-/m0/s1. The Morgan fingerprint density at radius 3 is 2.75 bits per heavy atom. The number of anilines is 1. The van der Waals surface area contributed by atoms with Gasteiger partial charge < -0.3 is 14.3 Å². The molecule has 0 spiro atoms. The van der Waals surface area contributed by atoms with Crippen molar-refractivity contribution in [1.82, 2.24) is 25.0 Å². The van der Waals surface area contributed by atoms with E-state index in [0.29, 0.717) is 35.9 Å². The summed E-state index contributed by atoms with van der Waals surface area (Å²) in [5.74, 6) is 1.16. The van der Waals surface area contributed by atoms with Crippen molar-refractivity contribution in [1.29, 1.82) is 0 Å². The van der Waals surface area contributed by atoms with Crippen LogP contribution in [0, 0.1) is 13.8 Å². The average molecular weight is 435 g/mol. The molecule has 1 amide bonds. The summed E-state index contributed by atoms with van der Waals surface area (Å²) in [4.78, 5) is 31.3. The Morgan fingerprint density at radius 2 is 2.03 bits per heavy atom. The number of aromatic nitrogens is 4. The molecule has 0 N–H and O–H groups in total. The van der Waals surface area contributed by atoms with Gasteiger partial charge in [0.15, 0.2) is 0 Å². The first-order chi connectivity index (χ1) is 15.4. The van der Waals surface area contributed by atoms with E-state index < -0.39 is 0 Å². The number of aryl methyl sites for hydroxylation is 3. The highest BCUT2D eigenvalue weighted by atomic mass is 16.5. The fourth-order valence-electron chi connectivity index (χ4n) is 4.37. The summed E-state index contributed by atoms with van der Waals surface area (Å²) in [5, 5.41) is 4.10. The van der Waals surface area contributed by atoms with Crippen LogP contribution in [-0.4, -0.2) is 51.6 Å². The van der Waals surface area contributed by atoms with Gasteiger partial charge in [-0.1, -0.05) is 12.1 Å². The second-order valence-electron chi connectivity index (χ2n) is 8.48. The van der Waals surface area contributed by atoms with Gasteiger partial charge in [0.1, 0.15) is 11.3 Å². The van der Waals surface area contributed by atoms with Crippen molar-refractivity contribution in [2.24, 2.45) is 0 Å². The molecule has 1 saturated heterocycles. The first-order valence-electron chi connectivity index (χ1n) is 11.1. The van der Waals surface area contributed by atoms with E-state index in [1.807, 2.05) is 56.2 Å². The number of rotatable bonds is 5. The van der Waals surface area contributed by atoms with Crippen molar-refractivity contribution in [2.45, 2.75) is 52.5 Å². The van der Waals surface area contributed by atoms with Crippen LogP contribution in [0.3, 0.4) is 0 Å². The topological polar surface area (TPSA) is 88.3 Å². The van der Waals surface area contributed by atoms with Crippen molar-refractivity contribution < 1.29 is 9.32 Å². The number of hydrogen-bond donors (Lipinski definition) is 0. The monoisotopic (exact) mass is 434 g/mol. The lowest BCUT2D eigenvalue weighted by molar-refractivity contribution is 0.0604. The summed E-state index contributed by atoms with van der Waals surface area (Å²) >= 11 is 0. The summed E-state index contributed by atoms with van der Waals surface area (Å²) in [5.41, 5.74) is 5.19. The lowest BCUT2D eigenvalue weighted by atomic mass is 9.92. The lowest BCUT2D eigenvalue weighted by Crippen LogP contribution is -2.39. The fraction of sp³-hybridized carbons (Fsp3) is 0.458. The zero-order valence-corrected chi connectivity index (χ0v) is 19.4. The van der Waals surface area contributed by atoms with E-state index in [0.717, 1.165) is 41.6 Å². The highest BCUT2D eigenvalue weighted by Gasteiger charge is 2.35. The van der Waals surface area contributed by atoms with Gasteiger partial charge in [0.2, 0.25) is 5.95 Å². The molecular weight excluding hydrogens is 404 g/mol. The third-order valence-electron chi connectivity index (χ3n) is 6.08. The van der Waals surface area contributed by atoms with Crippen molar-refractivity contribution in [2.75, 3.05) is 25.5 Å². The van der Waals surface area contributed by atoms with E-state index in [4.69, 9.17) is 9.51 Å². The normalized spacial score (nSPS) is 16.3. The van der Waals surface area contributed by atoms with Crippen LogP contribution in [0.5, 0.6) is 0 Å². The Morgan fingerprint density at radius 1 is 1.22 bits per heavy atom. The van der Waals surface area contributed by atoms with Crippen LogP contribution in [0.1, 0.15) is 65.3 Å². The van der Waals surface area contributed by atoms with Crippen molar-refractivity contribution in [3.8, 4) is 11.1 Å². The number of likely N-dealkylation sites (tertiary alicyclic amines) is 1. The molecule has 0 unspecified atom stereocenters. The number of carbonyl (C=O) groups excluding carboxylic acids is 1. The minimum atomic E-state index is -0.153. The number of piperidine rings is 1. The molecule has 0 radical (unpaired) electrons. The fourth-order valence-corrected chi connectivity index (χ4v) is 4.37. The third-order valence-corrected chi connectivity index (χ3v) is 6.08. The van der Waals surface area contributed by atoms with E-state index in [9.17, 15) is 4.79 Å². The molecule has 1 aliphatic heterocycles. The molecular formula is C24H30N6O2. The maximum absolute atomic E-state index is 13.7. The molecule has 3 aromatic heterocycles. The smallest absolute Gasteiger partial charge is 0.259 e. The minimum Gasteiger partial charge on any atom is -0.361 e. The minimum absolute atomic E-state index is 0.0345. The van der Waals surface area contributed by atoms with Crippen LogP contribution in [0.2, 0.25) is 0 Å². The van der Waals surface area contributed by atoms with Crippen LogP contribution in [0.4, 0.5) is 5.95 Å². The number of pyridine rings is 1. The average Bonchev–Trinajstić information content (AvgIpc) is 3.19. The Bertz CT molecular complexity index is 1120. The van der Waals surface area contributed by atoms with E-state index in [1.54, 1.807) is 13.1 Å². The van der Waals surface area contributed by atoms with E-state index in [-0.39, 0.29) is 11.9 Å². The van der Waals surface area contributed by atoms with Gasteiger partial charge >= 0.3 is 0 Å². The summed E-state index contributed by atoms with van der Waals surface area (Å²) < 4.78 is 5.36. The molecule has 3 aromatic rings. The van der Waals surface area contributed by atoms with Crippen LogP contribution >= 0.6 is 0 Å². The van der Waals surface area contributed by atoms with Gasteiger partial charge in [0.25, 0.3) is 5.91 Å². The third kappa shape index (κ3) is 3.97. The quantitative estimate of drug-likeness (QED) is 0.596. The summed E-state index contributed by atoms with van der Waals surface area (Å²) in [7, 11) is 3.85. The van der Waals surface area contributed by atoms with Crippen LogP contribution in [-0.2, 0) is 6.42 Å². The Kier molecular flexibility index (Phi) is 6.21. The number of amides is 1. The molecule has 0 bridgehead atoms. The van der Waals surface area contributed by atoms with Gasteiger partial charge in [-0.2, -0.15) is 0 Å². The number of carbonyl (C=O) groups is 1. The molecule has 1 atom stereocenters. The summed E-state index contributed by atoms with van der Waals surface area (Å²) in [6.07, 6.45) is 8.99. The van der Waals surface area contributed by atoms with Gasteiger partial charge in [-0.25, -0.2) is 9.97 Å². The van der Waals surface area contributed by atoms with E-state index in [2.05, 4.69) is 15.1 Å². The van der Waals surface area contributed by atoms with Crippen LogP contribution < -0.4 is 4.90 Å². The molecule has 0 aromatic carbocycles. The molecule has 1 fully saturated rings. The molecule has 1 aliphatic rings. The Hall–Kier alpha value is -3.29. The largest absolute Gasteiger partial charge is 0.361 e. The predicted molar refractivity (Wildman–Crippen MR) is 123 cm³/mol. The molecule has 4 heterocycles. The first kappa shape index (κ1) is 21.9. The maximum atomic E-state index is 13.7. The first-order valence-corrected chi connectivity index (χ1v) is 11.1. The molecule has 0 aliphatic carbocycles. The Labute approximate surface area is 188 Å². The van der Waals surface area contributed by atoms with E-state index in [1.165, 1.54) is 0 Å². The van der Waals surface area contributed by atoms with Crippen molar-refractivity contribution >= 4 is 11.9 Å². The second kappa shape index (κ2) is 9.06. The Balaban J connectivity index is 1.84. The predicted octanol–water partition coefficient (Wildman–Crippen LogP) is 4.14. The van der Waals surface area contributed by atoms with Crippen molar-refractivity contribution in [3.05, 3.63) is 52.9 Å². The zero-order valence-electron chi connectivity index (χ0n) is 19.4. The van der Waals surface area contributed by atoms with Gasteiger partial charge in [-0.05, 0) is 56.7 Å². The lowest BCUT2D eigenvalue weighted by Gasteiger charge is -2.36. The molecule has 8 heteroatoms. The van der Waals surface area contributed by atoms with E-state index >= 15 is 0 Å². The molecule has 0 saturated carbocycles. The molecule has 32 heavy (non-hydrogen) atoms. The molecule has 4 rings (SSSR count). The highest BCUT2D eigenvalue weighted by molar-refractivity contribution is 5.96. The maximum Gasteiger partial charge on any atom is 0.259 e. The molecule has 168 valence electrons. The van der Waals surface area contributed by atoms with Gasteiger partial charge in [-0.15, -0.1) is 0 Å². The van der Waals surface area contributed by atoms with Crippen LogP contribution in [0.25, 0.3) is 11.1 Å². The van der Waals surface area contributed by atoms with Crippen molar-refractivity contribution in [3.63, 3.8) is 0 Å². The zero-order chi connectivity index (χ0) is 22.8. The van der Waals surface area contributed by atoms with Gasteiger partial charge in [0, 0.05) is 44.8 Å². The summed E-state index contributed by atoms with van der Waals surface area (Å²) in [6, 6.07) is 1.83. The van der Waals surface area contributed by atoms with Gasteiger partial charge in [0.05, 0.1) is 17.4 Å². The second-order valence-corrected chi connectivity index (χ2v) is 8.48. The summed E-state index contributed by atoms with van der Waals surface area (Å²) in [6.45, 7) is 6.50. The molecule has 8 nitrogen and oxygen atoms in total. The van der Waals surface area contributed by atoms with Crippen LogP contribution in [0.15, 0.2) is 29.2 Å². The SMILES string of the molecule is CCc1noc(C)c1C(=O)N1CCCC[C@H]1c1nc(N(C)C)ncc1-c1ccncc1C.